The molecule has 15 heavy (non-hydrogen) atoms. The Morgan fingerprint density at radius 2 is 1.87 bits per heavy atom. The van der Waals surface area contributed by atoms with Crippen LogP contribution in [0.3, 0.4) is 0 Å². The second-order valence-corrected chi connectivity index (χ2v) is 3.53. The van der Waals surface area contributed by atoms with Gasteiger partial charge in [0.1, 0.15) is 5.54 Å². The summed E-state index contributed by atoms with van der Waals surface area (Å²) in [5, 5.41) is 8.82. The molecule has 0 aliphatic rings. The number of nitrogens with two attached hydrogens (primary N) is 1. The number of nitriles is 1. The third kappa shape index (κ3) is 7.32. The van der Waals surface area contributed by atoms with E-state index in [1.165, 1.54) is 0 Å². The highest BCUT2D eigenvalue weighted by Crippen LogP contribution is 2.12. The minimum absolute atomic E-state index is 0.615. The van der Waals surface area contributed by atoms with Gasteiger partial charge in [-0.2, -0.15) is 5.26 Å². The quantitative estimate of drug-likeness (QED) is 0.590. The van der Waals surface area contributed by atoms with Crippen molar-refractivity contribution in [1.82, 2.24) is 0 Å². The van der Waals surface area contributed by atoms with Crippen LogP contribution in [0.15, 0.2) is 0 Å². The van der Waals surface area contributed by atoms with Crippen LogP contribution in [0.2, 0.25) is 0 Å². The van der Waals surface area contributed by atoms with Crippen molar-refractivity contribution in [3.8, 4) is 6.07 Å². The molecule has 4 nitrogen and oxygen atoms in total. The molecule has 1 atom stereocenters. The largest absolute Gasteiger partial charge is 0.379 e. The second-order valence-electron chi connectivity index (χ2n) is 3.53. The van der Waals surface area contributed by atoms with E-state index in [2.05, 4.69) is 6.07 Å². The van der Waals surface area contributed by atoms with E-state index in [0.717, 1.165) is 13.0 Å². The summed E-state index contributed by atoms with van der Waals surface area (Å²) in [5.74, 6) is 0. The Morgan fingerprint density at radius 1 is 1.20 bits per heavy atom. The number of hydrogen-bond donors (Lipinski definition) is 1. The van der Waals surface area contributed by atoms with Gasteiger partial charge in [-0.1, -0.05) is 6.92 Å². The molecule has 88 valence electrons. The normalized spacial score (nSPS) is 14.5. The van der Waals surface area contributed by atoms with Gasteiger partial charge in [0.25, 0.3) is 0 Å². The van der Waals surface area contributed by atoms with E-state index in [4.69, 9.17) is 20.5 Å². The van der Waals surface area contributed by atoms with Gasteiger partial charge in [-0.3, -0.25) is 0 Å². The van der Waals surface area contributed by atoms with Crippen LogP contribution in [-0.2, 0) is 9.47 Å². The maximum absolute atomic E-state index is 8.82. The Bertz CT molecular complexity index is 192. The molecule has 0 fully saturated rings. The van der Waals surface area contributed by atoms with Crippen molar-refractivity contribution in [2.75, 3.05) is 26.4 Å². The number of hydrogen-bond acceptors (Lipinski definition) is 4. The summed E-state index contributed by atoms with van der Waals surface area (Å²) in [5.41, 5.74) is 5.14. The molecule has 0 bridgehead atoms. The average molecular weight is 214 g/mol. The lowest BCUT2D eigenvalue weighted by Gasteiger charge is -2.18. The minimum atomic E-state index is -0.677. The van der Waals surface area contributed by atoms with Crippen LogP contribution in [0, 0.1) is 11.3 Å². The molecule has 0 amide bonds. The first kappa shape index (κ1) is 14.4. The molecular weight excluding hydrogens is 192 g/mol. The van der Waals surface area contributed by atoms with E-state index in [1.54, 1.807) is 0 Å². The smallest absolute Gasteiger partial charge is 0.104 e. The molecule has 0 aliphatic carbocycles. The molecular formula is C11H22N2O2. The molecule has 4 heteroatoms. The topological polar surface area (TPSA) is 68.3 Å². The Kier molecular flexibility index (Phi) is 8.30. The molecule has 0 aromatic carbocycles. The zero-order valence-electron chi connectivity index (χ0n) is 9.79. The molecule has 0 aromatic heterocycles. The molecule has 1 unspecified atom stereocenters. The predicted octanol–water partition coefficient (Wildman–Crippen LogP) is 1.45. The van der Waals surface area contributed by atoms with Crippen LogP contribution in [0.5, 0.6) is 0 Å². The minimum Gasteiger partial charge on any atom is -0.379 e. The van der Waals surface area contributed by atoms with Gasteiger partial charge in [0.05, 0.1) is 19.3 Å². The van der Waals surface area contributed by atoms with Crippen molar-refractivity contribution in [3.05, 3.63) is 0 Å². The van der Waals surface area contributed by atoms with Crippen molar-refractivity contribution in [2.45, 2.75) is 38.6 Å². The summed E-state index contributed by atoms with van der Waals surface area (Å²) < 4.78 is 10.5. The third-order valence-electron chi connectivity index (χ3n) is 2.34. The summed E-state index contributed by atoms with van der Waals surface area (Å²) >= 11 is 0. The Balaban J connectivity index is 3.35. The van der Waals surface area contributed by atoms with Gasteiger partial charge in [0.2, 0.25) is 0 Å². The predicted molar refractivity (Wildman–Crippen MR) is 59.4 cm³/mol. The molecule has 0 aliphatic heterocycles. The van der Waals surface area contributed by atoms with Gasteiger partial charge in [-0.05, 0) is 26.2 Å². The van der Waals surface area contributed by atoms with Crippen LogP contribution < -0.4 is 5.73 Å². The summed E-state index contributed by atoms with van der Waals surface area (Å²) in [4.78, 5) is 0. The van der Waals surface area contributed by atoms with Gasteiger partial charge < -0.3 is 15.2 Å². The molecule has 0 saturated carbocycles. The monoisotopic (exact) mass is 214 g/mol. The molecule has 0 rings (SSSR count). The van der Waals surface area contributed by atoms with Crippen LogP contribution in [0.25, 0.3) is 0 Å². The maximum atomic E-state index is 8.82. The molecule has 0 spiro atoms. The highest BCUT2D eigenvalue weighted by Gasteiger charge is 2.20. The van der Waals surface area contributed by atoms with Crippen molar-refractivity contribution < 1.29 is 9.47 Å². The molecule has 2 N–H and O–H groups in total. The van der Waals surface area contributed by atoms with E-state index in [0.29, 0.717) is 32.7 Å². The number of ether oxygens (including phenoxy) is 2. The average Bonchev–Trinajstić information content (AvgIpc) is 2.27. The highest BCUT2D eigenvalue weighted by atomic mass is 16.5. The Labute approximate surface area is 92.3 Å². The standard InChI is InChI=1S/C11H22N2O2/c1-3-11(13,10-12)6-5-7-15-9-8-14-4-2/h3-9,13H2,1-2H3. The fourth-order valence-electron chi connectivity index (χ4n) is 1.17. The number of nitrogens with zero attached hydrogens (tertiary/aromatic N) is 1. The van der Waals surface area contributed by atoms with Gasteiger partial charge >= 0.3 is 0 Å². The molecule has 0 heterocycles. The van der Waals surface area contributed by atoms with Crippen LogP contribution in [0.1, 0.15) is 33.1 Å². The maximum Gasteiger partial charge on any atom is 0.104 e. The van der Waals surface area contributed by atoms with E-state index in [1.807, 2.05) is 13.8 Å². The lowest BCUT2D eigenvalue weighted by atomic mass is 9.94. The van der Waals surface area contributed by atoms with Crippen molar-refractivity contribution in [1.29, 1.82) is 5.26 Å². The van der Waals surface area contributed by atoms with Gasteiger partial charge in [-0.15, -0.1) is 0 Å². The zero-order valence-corrected chi connectivity index (χ0v) is 9.79. The van der Waals surface area contributed by atoms with Crippen LogP contribution in [0.4, 0.5) is 0 Å². The third-order valence-corrected chi connectivity index (χ3v) is 2.34. The zero-order chi connectivity index (χ0) is 11.6. The Morgan fingerprint density at radius 3 is 2.40 bits per heavy atom. The van der Waals surface area contributed by atoms with Crippen molar-refractivity contribution in [3.63, 3.8) is 0 Å². The molecule has 0 aromatic rings. The lowest BCUT2D eigenvalue weighted by Crippen LogP contribution is -2.37. The molecule has 0 saturated heterocycles. The summed E-state index contributed by atoms with van der Waals surface area (Å²) in [7, 11) is 0. The summed E-state index contributed by atoms with van der Waals surface area (Å²) in [6.07, 6.45) is 2.20. The highest BCUT2D eigenvalue weighted by molar-refractivity contribution is 5.03. The van der Waals surface area contributed by atoms with E-state index >= 15 is 0 Å². The lowest BCUT2D eigenvalue weighted by molar-refractivity contribution is 0.0503. The fraction of sp³-hybridized carbons (Fsp3) is 0.909. The van der Waals surface area contributed by atoms with E-state index < -0.39 is 5.54 Å². The van der Waals surface area contributed by atoms with Gasteiger partial charge in [0.15, 0.2) is 0 Å². The van der Waals surface area contributed by atoms with Crippen LogP contribution in [-0.4, -0.2) is 32.0 Å². The second kappa shape index (κ2) is 8.66. The first-order chi connectivity index (χ1) is 7.18. The van der Waals surface area contributed by atoms with E-state index in [9.17, 15) is 0 Å². The van der Waals surface area contributed by atoms with Crippen LogP contribution >= 0.6 is 0 Å². The fourth-order valence-corrected chi connectivity index (χ4v) is 1.17. The summed E-state index contributed by atoms with van der Waals surface area (Å²) in [6.45, 7) is 6.50. The van der Waals surface area contributed by atoms with Gasteiger partial charge in [0, 0.05) is 13.2 Å². The summed E-state index contributed by atoms with van der Waals surface area (Å²) in [6, 6.07) is 2.14. The first-order valence-corrected chi connectivity index (χ1v) is 5.54. The van der Waals surface area contributed by atoms with Crippen molar-refractivity contribution in [2.24, 2.45) is 5.73 Å². The van der Waals surface area contributed by atoms with Gasteiger partial charge in [-0.25, -0.2) is 0 Å². The SMILES string of the molecule is CCOCCOCCCC(N)(C#N)CC. The van der Waals surface area contributed by atoms with E-state index in [-0.39, 0.29) is 0 Å². The van der Waals surface area contributed by atoms with Crippen molar-refractivity contribution >= 4 is 0 Å². The first-order valence-electron chi connectivity index (χ1n) is 5.54. The number of rotatable bonds is 9. The molecule has 0 radical (unpaired) electrons. The Hall–Kier alpha value is -0.630.